The number of rotatable bonds is 2. The predicted molar refractivity (Wildman–Crippen MR) is 62.0 cm³/mol. The summed E-state index contributed by atoms with van der Waals surface area (Å²) in [4.78, 5) is 23.8. The number of Topliss-reactive ketones (excluding diaryl/α,β-unsaturated/α-hetero) is 2. The summed E-state index contributed by atoms with van der Waals surface area (Å²) in [5, 5.41) is 0. The zero-order chi connectivity index (χ0) is 11.5. The maximum Gasteiger partial charge on any atom is 0.117 e. The van der Waals surface area contributed by atoms with E-state index >= 15 is 0 Å². The number of ketones is 2. The minimum absolute atomic E-state index is 0. The second-order valence-electron chi connectivity index (χ2n) is 3.95. The van der Waals surface area contributed by atoms with Gasteiger partial charge in [0.15, 0.2) is 0 Å². The smallest absolute Gasteiger partial charge is 0.117 e. The second-order valence-corrected chi connectivity index (χ2v) is 3.95. The minimum atomic E-state index is -0.185. The molecule has 1 aromatic carbocycles. The van der Waals surface area contributed by atoms with E-state index in [1.807, 2.05) is 6.07 Å². The van der Waals surface area contributed by atoms with E-state index < -0.39 is 0 Å². The third kappa shape index (κ3) is 3.14. The van der Waals surface area contributed by atoms with Gasteiger partial charge in [0.2, 0.25) is 0 Å². The average molecular weight is 302 g/mol. The summed E-state index contributed by atoms with van der Waals surface area (Å²) < 4.78 is 0. The van der Waals surface area contributed by atoms with Gasteiger partial charge in [-0.15, -0.1) is 0 Å². The number of hydrogen-bond donors (Lipinski definition) is 0. The van der Waals surface area contributed by atoms with Gasteiger partial charge < -0.3 is 9.59 Å². The number of carbonyl (C=O) groups excluding carboxylic acids is 2. The molecule has 0 aromatic heterocycles. The maximum absolute atomic E-state index is 12.1. The van der Waals surface area contributed by atoms with Crippen molar-refractivity contribution >= 4 is 11.6 Å². The van der Waals surface area contributed by atoms with Crippen LogP contribution in [0.1, 0.15) is 29.6 Å². The first-order valence-electron chi connectivity index (χ1n) is 5.38. The Morgan fingerprint density at radius 2 is 1.76 bits per heavy atom. The molecule has 0 N–H and O–H groups in total. The molecule has 0 unspecified atom stereocenters. The molecular formula is C14H13O2Y-. The SMILES string of the molecule is [CH2-]C1=C(C(=O)c2ccccc2)C(=O)CCC1.[Y]. The van der Waals surface area contributed by atoms with Gasteiger partial charge in [0.25, 0.3) is 0 Å². The second kappa shape index (κ2) is 6.27. The van der Waals surface area contributed by atoms with Crippen LogP contribution in [-0.4, -0.2) is 11.6 Å². The first kappa shape index (κ1) is 14.3. The van der Waals surface area contributed by atoms with E-state index in [9.17, 15) is 9.59 Å². The van der Waals surface area contributed by atoms with Crippen LogP contribution in [-0.2, 0) is 37.5 Å². The molecule has 1 aromatic rings. The van der Waals surface area contributed by atoms with Crippen molar-refractivity contribution in [2.45, 2.75) is 19.3 Å². The van der Waals surface area contributed by atoms with Crippen LogP contribution in [0, 0.1) is 6.92 Å². The summed E-state index contributed by atoms with van der Waals surface area (Å²) >= 11 is 0. The standard InChI is InChI=1S/C14H13O2.Y/c1-10-6-5-9-12(15)13(10)14(16)11-7-3-2-4-8-11;/h2-4,7-8H,1,5-6,9H2;/q-1;. The molecule has 1 radical (unpaired) electrons. The summed E-state index contributed by atoms with van der Waals surface area (Å²) in [5.74, 6) is -0.250. The van der Waals surface area contributed by atoms with Crippen molar-refractivity contribution in [2.24, 2.45) is 0 Å². The molecular weight excluding hydrogens is 289 g/mol. The Labute approximate surface area is 126 Å². The van der Waals surface area contributed by atoms with Crippen molar-refractivity contribution in [1.29, 1.82) is 0 Å². The zero-order valence-electron chi connectivity index (χ0n) is 9.61. The molecule has 85 valence electrons. The Morgan fingerprint density at radius 3 is 2.35 bits per heavy atom. The van der Waals surface area contributed by atoms with Crippen LogP contribution in [0.2, 0.25) is 0 Å². The fourth-order valence-corrected chi connectivity index (χ4v) is 1.93. The van der Waals surface area contributed by atoms with Gasteiger partial charge in [0, 0.05) is 38.3 Å². The van der Waals surface area contributed by atoms with E-state index in [0.29, 0.717) is 23.1 Å². The largest absolute Gasteiger partial charge is 0.315 e. The van der Waals surface area contributed by atoms with Crippen LogP contribution in [0.15, 0.2) is 41.5 Å². The van der Waals surface area contributed by atoms with Gasteiger partial charge >= 0.3 is 0 Å². The van der Waals surface area contributed by atoms with E-state index in [1.165, 1.54) is 0 Å². The van der Waals surface area contributed by atoms with Crippen LogP contribution < -0.4 is 0 Å². The fourth-order valence-electron chi connectivity index (χ4n) is 1.93. The van der Waals surface area contributed by atoms with Crippen molar-refractivity contribution in [3.05, 3.63) is 54.0 Å². The molecule has 2 rings (SSSR count). The van der Waals surface area contributed by atoms with E-state index in [0.717, 1.165) is 12.8 Å². The minimum Gasteiger partial charge on any atom is -0.315 e. The van der Waals surface area contributed by atoms with Gasteiger partial charge in [-0.1, -0.05) is 42.3 Å². The monoisotopic (exact) mass is 302 g/mol. The van der Waals surface area contributed by atoms with Crippen molar-refractivity contribution in [3.8, 4) is 0 Å². The molecule has 0 spiro atoms. The van der Waals surface area contributed by atoms with Crippen LogP contribution in [0.4, 0.5) is 0 Å². The zero-order valence-corrected chi connectivity index (χ0v) is 12.4. The number of carbonyl (C=O) groups is 2. The Hall–Kier alpha value is -0.726. The summed E-state index contributed by atoms with van der Waals surface area (Å²) in [5.41, 5.74) is 1.55. The molecule has 0 heterocycles. The van der Waals surface area contributed by atoms with Crippen LogP contribution in [0.3, 0.4) is 0 Å². The van der Waals surface area contributed by atoms with Crippen molar-refractivity contribution in [2.75, 3.05) is 0 Å². The van der Waals surface area contributed by atoms with Crippen LogP contribution in [0.25, 0.3) is 0 Å². The van der Waals surface area contributed by atoms with Crippen LogP contribution >= 0.6 is 0 Å². The molecule has 1 aliphatic rings. The molecule has 0 saturated heterocycles. The van der Waals surface area contributed by atoms with Gasteiger partial charge in [-0.3, -0.25) is 0 Å². The first-order valence-corrected chi connectivity index (χ1v) is 5.38. The van der Waals surface area contributed by atoms with E-state index in [1.54, 1.807) is 24.3 Å². The third-order valence-electron chi connectivity index (χ3n) is 2.78. The van der Waals surface area contributed by atoms with E-state index in [-0.39, 0.29) is 44.3 Å². The maximum atomic E-state index is 12.1. The molecule has 17 heavy (non-hydrogen) atoms. The molecule has 0 saturated carbocycles. The summed E-state index contributed by atoms with van der Waals surface area (Å²) in [7, 11) is 0. The van der Waals surface area contributed by atoms with E-state index in [2.05, 4.69) is 6.92 Å². The molecule has 3 heteroatoms. The molecule has 0 amide bonds. The van der Waals surface area contributed by atoms with Gasteiger partial charge in [0.05, 0.1) is 5.78 Å². The predicted octanol–water partition coefficient (Wildman–Crippen LogP) is 2.75. The number of benzene rings is 1. The summed E-state index contributed by atoms with van der Waals surface area (Å²) in [6.45, 7) is 3.81. The quantitative estimate of drug-likeness (QED) is 0.478. The Morgan fingerprint density at radius 1 is 1.12 bits per heavy atom. The Bertz CT molecular complexity index is 460. The first-order chi connectivity index (χ1) is 7.70. The summed E-state index contributed by atoms with van der Waals surface area (Å²) in [6, 6.07) is 8.89. The molecule has 2 nitrogen and oxygen atoms in total. The van der Waals surface area contributed by atoms with Crippen molar-refractivity contribution in [1.82, 2.24) is 0 Å². The van der Waals surface area contributed by atoms with Crippen molar-refractivity contribution < 1.29 is 42.3 Å². The molecule has 1 aliphatic carbocycles. The fraction of sp³-hybridized carbons (Fsp3) is 0.214. The van der Waals surface area contributed by atoms with Gasteiger partial charge in [-0.2, -0.15) is 0 Å². The number of hydrogen-bond acceptors (Lipinski definition) is 2. The van der Waals surface area contributed by atoms with Gasteiger partial charge in [0.1, 0.15) is 5.78 Å². The summed E-state index contributed by atoms with van der Waals surface area (Å²) in [6.07, 6.45) is 2.02. The molecule has 0 fully saturated rings. The molecule has 0 atom stereocenters. The van der Waals surface area contributed by atoms with Crippen LogP contribution in [0.5, 0.6) is 0 Å². The average Bonchev–Trinajstić information content (AvgIpc) is 2.30. The third-order valence-corrected chi connectivity index (χ3v) is 2.78. The van der Waals surface area contributed by atoms with Gasteiger partial charge in [-0.05, 0) is 12.8 Å². The molecule has 0 aliphatic heterocycles. The normalized spacial score (nSPS) is 15.4. The molecule has 0 bridgehead atoms. The van der Waals surface area contributed by atoms with Gasteiger partial charge in [-0.25, -0.2) is 12.5 Å². The Balaban J connectivity index is 0.00000144. The topological polar surface area (TPSA) is 34.1 Å². The van der Waals surface area contributed by atoms with E-state index in [4.69, 9.17) is 0 Å². The Kier molecular flexibility index (Phi) is 5.29. The number of allylic oxidation sites excluding steroid dienone is 2. The van der Waals surface area contributed by atoms with Crippen molar-refractivity contribution in [3.63, 3.8) is 0 Å².